The first-order valence-electron chi connectivity index (χ1n) is 7.75. The molecule has 2 aromatic carbocycles. The largest absolute Gasteiger partial charge is 0.454 e. The summed E-state index contributed by atoms with van der Waals surface area (Å²) in [5, 5.41) is 5.32. The first-order chi connectivity index (χ1) is 12.0. The molecule has 0 spiro atoms. The molecule has 7 heteroatoms. The quantitative estimate of drug-likeness (QED) is 0.870. The van der Waals surface area contributed by atoms with Gasteiger partial charge in [0, 0.05) is 12.1 Å². The number of ether oxygens (including phenoxy) is 2. The predicted octanol–water partition coefficient (Wildman–Crippen LogP) is 1.99. The number of amides is 2. The minimum absolute atomic E-state index is 0.192. The van der Waals surface area contributed by atoms with Gasteiger partial charge < -0.3 is 20.1 Å². The van der Waals surface area contributed by atoms with E-state index in [0.717, 1.165) is 5.56 Å². The Morgan fingerprint density at radius 1 is 1.12 bits per heavy atom. The number of carbonyl (C=O) groups is 2. The van der Waals surface area contributed by atoms with Crippen LogP contribution in [0.2, 0.25) is 0 Å². The Morgan fingerprint density at radius 3 is 2.60 bits per heavy atom. The zero-order chi connectivity index (χ0) is 17.8. The average Bonchev–Trinajstić information content (AvgIpc) is 3.07. The summed E-state index contributed by atoms with van der Waals surface area (Å²) in [6.07, 6.45) is 0. The highest BCUT2D eigenvalue weighted by atomic mass is 19.1. The molecule has 3 rings (SSSR count). The van der Waals surface area contributed by atoms with Gasteiger partial charge in [0.1, 0.15) is 11.9 Å². The molecule has 1 atom stereocenters. The second-order valence-corrected chi connectivity index (χ2v) is 5.61. The molecule has 2 amide bonds. The molecule has 0 aliphatic carbocycles. The molecule has 2 aromatic rings. The fourth-order valence-corrected chi connectivity index (χ4v) is 2.34. The molecule has 2 N–H and O–H groups in total. The van der Waals surface area contributed by atoms with Gasteiger partial charge in [-0.25, -0.2) is 4.39 Å². The fraction of sp³-hybridized carbons (Fsp3) is 0.222. The first kappa shape index (κ1) is 16.8. The minimum atomic E-state index is -0.730. The van der Waals surface area contributed by atoms with Gasteiger partial charge in [0.15, 0.2) is 11.5 Å². The van der Waals surface area contributed by atoms with E-state index in [0.29, 0.717) is 18.0 Å². The minimum Gasteiger partial charge on any atom is -0.454 e. The second-order valence-electron chi connectivity index (χ2n) is 5.61. The third-order valence-corrected chi connectivity index (χ3v) is 3.75. The fourth-order valence-electron chi connectivity index (χ4n) is 2.34. The molecule has 1 heterocycles. The molecule has 6 nitrogen and oxygen atoms in total. The van der Waals surface area contributed by atoms with E-state index in [1.165, 1.54) is 24.3 Å². The van der Waals surface area contributed by atoms with Crippen molar-refractivity contribution in [2.45, 2.75) is 19.5 Å². The predicted molar refractivity (Wildman–Crippen MR) is 87.7 cm³/mol. The Bertz CT molecular complexity index is 792. The summed E-state index contributed by atoms with van der Waals surface area (Å²) in [7, 11) is 0. The van der Waals surface area contributed by atoms with E-state index in [-0.39, 0.29) is 18.3 Å². The van der Waals surface area contributed by atoms with E-state index in [4.69, 9.17) is 9.47 Å². The van der Waals surface area contributed by atoms with Gasteiger partial charge in [-0.1, -0.05) is 6.07 Å². The summed E-state index contributed by atoms with van der Waals surface area (Å²) in [4.78, 5) is 24.2. The van der Waals surface area contributed by atoms with Crippen molar-refractivity contribution >= 4 is 11.8 Å². The lowest BCUT2D eigenvalue weighted by atomic mass is 10.2. The maximum absolute atomic E-state index is 12.9. The molecule has 0 saturated carbocycles. The molecular weight excluding hydrogens is 327 g/mol. The summed E-state index contributed by atoms with van der Waals surface area (Å²) < 4.78 is 23.4. The smallest absolute Gasteiger partial charge is 0.251 e. The summed E-state index contributed by atoms with van der Waals surface area (Å²) >= 11 is 0. The molecule has 1 aliphatic heterocycles. The lowest BCUT2D eigenvalue weighted by Gasteiger charge is -2.14. The van der Waals surface area contributed by atoms with Crippen LogP contribution >= 0.6 is 0 Å². The Labute approximate surface area is 143 Å². The van der Waals surface area contributed by atoms with Gasteiger partial charge in [0.2, 0.25) is 12.7 Å². The van der Waals surface area contributed by atoms with E-state index in [9.17, 15) is 14.0 Å². The number of benzene rings is 2. The van der Waals surface area contributed by atoms with Gasteiger partial charge in [-0.2, -0.15) is 0 Å². The number of hydrogen-bond donors (Lipinski definition) is 2. The number of halogens is 1. The Morgan fingerprint density at radius 2 is 1.84 bits per heavy atom. The number of carbonyl (C=O) groups excluding carboxylic acids is 2. The average molecular weight is 344 g/mol. The van der Waals surface area contributed by atoms with Crippen LogP contribution in [0.15, 0.2) is 42.5 Å². The van der Waals surface area contributed by atoms with Gasteiger partial charge in [-0.15, -0.1) is 0 Å². The molecule has 0 saturated heterocycles. The summed E-state index contributed by atoms with van der Waals surface area (Å²) in [5.41, 5.74) is 1.14. The van der Waals surface area contributed by atoms with Crippen LogP contribution in [0.3, 0.4) is 0 Å². The number of fused-ring (bicyclic) bond motifs is 1. The normalized spacial score (nSPS) is 13.2. The van der Waals surface area contributed by atoms with E-state index >= 15 is 0 Å². The summed E-state index contributed by atoms with van der Waals surface area (Å²) in [6, 6.07) is 9.79. The lowest BCUT2D eigenvalue weighted by molar-refractivity contribution is -0.122. The Hall–Kier alpha value is -3.09. The number of rotatable bonds is 5. The van der Waals surface area contributed by atoms with E-state index in [1.807, 2.05) is 6.07 Å². The molecule has 0 aromatic heterocycles. The van der Waals surface area contributed by atoms with Gasteiger partial charge in [-0.3, -0.25) is 9.59 Å². The standard InChI is InChI=1S/C18H17FN2O4/c1-11(21-18(23)13-3-5-14(19)6-4-13)17(22)20-9-12-2-7-15-16(8-12)25-10-24-15/h2-8,11H,9-10H2,1H3,(H,20,22)(H,21,23)/t11-/m1/s1. The highest BCUT2D eigenvalue weighted by Crippen LogP contribution is 2.32. The zero-order valence-corrected chi connectivity index (χ0v) is 13.5. The van der Waals surface area contributed by atoms with Gasteiger partial charge in [0.05, 0.1) is 0 Å². The highest BCUT2D eigenvalue weighted by molar-refractivity contribution is 5.97. The number of hydrogen-bond acceptors (Lipinski definition) is 4. The van der Waals surface area contributed by atoms with Crippen molar-refractivity contribution in [2.75, 3.05) is 6.79 Å². The second kappa shape index (κ2) is 7.21. The van der Waals surface area contributed by atoms with Crippen molar-refractivity contribution in [1.82, 2.24) is 10.6 Å². The third-order valence-electron chi connectivity index (χ3n) is 3.75. The molecule has 130 valence electrons. The Balaban J connectivity index is 1.52. The van der Waals surface area contributed by atoms with Crippen LogP contribution in [0.5, 0.6) is 11.5 Å². The maximum atomic E-state index is 12.9. The molecule has 1 aliphatic rings. The first-order valence-corrected chi connectivity index (χ1v) is 7.75. The molecule has 0 bridgehead atoms. The SMILES string of the molecule is C[C@@H](NC(=O)c1ccc(F)cc1)C(=O)NCc1ccc2c(c1)OCO2. The highest BCUT2D eigenvalue weighted by Gasteiger charge is 2.17. The van der Waals surface area contributed by atoms with Gasteiger partial charge >= 0.3 is 0 Å². The van der Waals surface area contributed by atoms with Crippen LogP contribution in [-0.2, 0) is 11.3 Å². The van der Waals surface area contributed by atoms with E-state index in [2.05, 4.69) is 10.6 Å². The van der Waals surface area contributed by atoms with E-state index < -0.39 is 17.8 Å². The maximum Gasteiger partial charge on any atom is 0.251 e. The number of nitrogens with one attached hydrogen (secondary N) is 2. The topological polar surface area (TPSA) is 76.7 Å². The lowest BCUT2D eigenvalue weighted by Crippen LogP contribution is -2.44. The van der Waals surface area contributed by atoms with Crippen LogP contribution in [0, 0.1) is 5.82 Å². The molecule has 25 heavy (non-hydrogen) atoms. The summed E-state index contributed by atoms with van der Waals surface area (Å²) in [5.74, 6) is 0.129. The Kier molecular flexibility index (Phi) is 4.83. The molecule has 0 fully saturated rings. The molecule has 0 radical (unpaired) electrons. The van der Waals surface area contributed by atoms with Gasteiger partial charge in [0.25, 0.3) is 5.91 Å². The van der Waals surface area contributed by atoms with Crippen molar-refractivity contribution in [3.63, 3.8) is 0 Å². The van der Waals surface area contributed by atoms with Crippen molar-refractivity contribution in [2.24, 2.45) is 0 Å². The monoisotopic (exact) mass is 344 g/mol. The zero-order valence-electron chi connectivity index (χ0n) is 13.5. The van der Waals surface area contributed by atoms with Crippen LogP contribution in [-0.4, -0.2) is 24.6 Å². The van der Waals surface area contributed by atoms with Crippen molar-refractivity contribution in [3.8, 4) is 11.5 Å². The molecular formula is C18H17FN2O4. The van der Waals surface area contributed by atoms with Crippen molar-refractivity contribution in [1.29, 1.82) is 0 Å². The summed E-state index contributed by atoms with van der Waals surface area (Å²) in [6.45, 7) is 2.07. The third kappa shape index (κ3) is 4.06. The van der Waals surface area contributed by atoms with Gasteiger partial charge in [-0.05, 0) is 48.9 Å². The van der Waals surface area contributed by atoms with Crippen LogP contribution in [0.1, 0.15) is 22.8 Å². The van der Waals surface area contributed by atoms with Crippen LogP contribution < -0.4 is 20.1 Å². The van der Waals surface area contributed by atoms with Crippen LogP contribution in [0.25, 0.3) is 0 Å². The van der Waals surface area contributed by atoms with Crippen molar-refractivity contribution < 1.29 is 23.5 Å². The van der Waals surface area contributed by atoms with E-state index in [1.54, 1.807) is 19.1 Å². The van der Waals surface area contributed by atoms with Crippen molar-refractivity contribution in [3.05, 3.63) is 59.4 Å². The molecule has 0 unspecified atom stereocenters. The van der Waals surface area contributed by atoms with Crippen LogP contribution in [0.4, 0.5) is 4.39 Å².